The number of thiazole rings is 1. The van der Waals surface area contributed by atoms with Gasteiger partial charge in [-0.15, -0.1) is 11.3 Å². The van der Waals surface area contributed by atoms with Gasteiger partial charge in [0.25, 0.3) is 10.1 Å². The molecule has 2 aromatic heterocycles. The number of fused-ring (bicyclic) bond motifs is 2. The third-order valence-electron chi connectivity index (χ3n) is 5.25. The largest absolute Gasteiger partial charge is 0.481 e. The van der Waals surface area contributed by atoms with Crippen LogP contribution in [-0.2, 0) is 21.3 Å². The van der Waals surface area contributed by atoms with Crippen LogP contribution in [0.1, 0.15) is 31.2 Å². The Balaban J connectivity index is 1.80. The summed E-state index contributed by atoms with van der Waals surface area (Å²) in [5.74, 6) is -0.902. The maximum atomic E-state index is 12.9. The van der Waals surface area contributed by atoms with E-state index >= 15 is 0 Å². The molecule has 4 rings (SSSR count). The highest BCUT2D eigenvalue weighted by molar-refractivity contribution is 7.86. The Kier molecular flexibility index (Phi) is 6.19. The second-order valence-electron chi connectivity index (χ2n) is 7.52. The van der Waals surface area contributed by atoms with Crippen LogP contribution in [0.15, 0.2) is 50.5 Å². The number of nitrogen functional groups attached to an aromatic ring is 1. The fourth-order valence-electron chi connectivity index (χ4n) is 3.73. The average Bonchev–Trinajstić information content (AvgIpc) is 3.15. The van der Waals surface area contributed by atoms with Gasteiger partial charge in [0.2, 0.25) is 0 Å². The number of carbonyl (C=O) groups is 1. The van der Waals surface area contributed by atoms with Crippen molar-refractivity contribution in [2.45, 2.75) is 37.0 Å². The summed E-state index contributed by atoms with van der Waals surface area (Å²) in [6.07, 6.45) is 1.75. The highest BCUT2D eigenvalue weighted by atomic mass is 32.2. The van der Waals surface area contributed by atoms with Gasteiger partial charge in [-0.3, -0.25) is 9.35 Å². The first-order valence-electron chi connectivity index (χ1n) is 10.1. The molecule has 0 saturated carbocycles. The number of hydrogen-bond donors (Lipinski definition) is 3. The number of anilines is 1. The van der Waals surface area contributed by atoms with Crippen LogP contribution in [0.25, 0.3) is 31.8 Å². The first-order chi connectivity index (χ1) is 15.7. The Morgan fingerprint density at radius 2 is 1.88 bits per heavy atom. The molecule has 2 aromatic carbocycles. The maximum absolute atomic E-state index is 12.9. The zero-order valence-corrected chi connectivity index (χ0v) is 18.9. The topological polar surface area (TPSA) is 161 Å². The lowest BCUT2D eigenvalue weighted by atomic mass is 10.0. The minimum Gasteiger partial charge on any atom is -0.481 e. The quantitative estimate of drug-likeness (QED) is 0.188. The molecule has 0 aliphatic rings. The molecule has 0 amide bonds. The third kappa shape index (κ3) is 4.61. The van der Waals surface area contributed by atoms with E-state index in [2.05, 4.69) is 4.98 Å². The molecular weight excluding hydrogens is 468 g/mol. The molecule has 0 radical (unpaired) electrons. The number of para-hydroxylation sites is 1. The van der Waals surface area contributed by atoms with Gasteiger partial charge in [-0.1, -0.05) is 24.6 Å². The first kappa shape index (κ1) is 22.9. The van der Waals surface area contributed by atoms with Crippen molar-refractivity contribution in [1.82, 2.24) is 4.98 Å². The lowest BCUT2D eigenvalue weighted by Crippen LogP contribution is -2.11. The van der Waals surface area contributed by atoms with E-state index in [4.69, 9.17) is 15.3 Å². The zero-order chi connectivity index (χ0) is 23.8. The summed E-state index contributed by atoms with van der Waals surface area (Å²) in [4.78, 5) is 27.4. The van der Waals surface area contributed by atoms with Crippen molar-refractivity contribution in [3.63, 3.8) is 0 Å². The number of aromatic nitrogens is 1. The van der Waals surface area contributed by atoms with Crippen molar-refractivity contribution in [1.29, 1.82) is 0 Å². The Bertz CT molecular complexity index is 1500. The minimum atomic E-state index is -4.74. The summed E-state index contributed by atoms with van der Waals surface area (Å²) in [5, 5.41) is 9.25. The highest BCUT2D eigenvalue weighted by Crippen LogP contribution is 2.37. The Morgan fingerprint density at radius 1 is 1.12 bits per heavy atom. The normalized spacial score (nSPS) is 11.9. The van der Waals surface area contributed by atoms with Crippen molar-refractivity contribution >= 4 is 54.3 Å². The number of carboxylic acids is 1. The van der Waals surface area contributed by atoms with Crippen LogP contribution in [0.3, 0.4) is 0 Å². The smallest absolute Gasteiger partial charge is 0.348 e. The molecule has 0 aliphatic carbocycles. The minimum absolute atomic E-state index is 0.0122. The number of aryl methyl sites for hydroxylation is 1. The highest BCUT2D eigenvalue weighted by Gasteiger charge is 2.26. The number of nitrogens with two attached hydrogens (primary N) is 1. The van der Waals surface area contributed by atoms with E-state index in [-0.39, 0.29) is 40.6 Å². The number of nitrogens with zero attached hydrogens (tertiary/aromatic N) is 1. The van der Waals surface area contributed by atoms with Gasteiger partial charge in [0.15, 0.2) is 5.58 Å². The predicted octanol–water partition coefficient (Wildman–Crippen LogP) is 4.09. The fraction of sp³-hybridized carbons (Fsp3) is 0.227. The van der Waals surface area contributed by atoms with Crippen LogP contribution in [0.2, 0.25) is 0 Å². The van der Waals surface area contributed by atoms with Crippen LogP contribution in [0, 0.1) is 0 Å². The monoisotopic (exact) mass is 488 g/mol. The van der Waals surface area contributed by atoms with Crippen molar-refractivity contribution in [2.75, 3.05) is 5.73 Å². The standard InChI is InChI=1S/C22H20N2O7S2/c23-18-13-11-10-12(6-2-1-3-9-16(25)26)20(33(28,29)30)19(13)31-22(27)17(18)21-24-14-7-4-5-8-15(14)32-21/h4-5,7-8,10-11H,1-3,6,9,23H2,(H,25,26)(H,28,29,30). The van der Waals surface area contributed by atoms with Crippen LogP contribution in [0.5, 0.6) is 0 Å². The van der Waals surface area contributed by atoms with Crippen molar-refractivity contribution in [3.8, 4) is 10.6 Å². The van der Waals surface area contributed by atoms with E-state index < -0.39 is 26.6 Å². The molecule has 172 valence electrons. The molecule has 2 heterocycles. The van der Waals surface area contributed by atoms with Gasteiger partial charge in [0.1, 0.15) is 15.5 Å². The summed E-state index contributed by atoms with van der Waals surface area (Å²) >= 11 is 1.26. The molecule has 4 aromatic rings. The van der Waals surface area contributed by atoms with Crippen LogP contribution >= 0.6 is 11.3 Å². The second kappa shape index (κ2) is 8.93. The fourth-order valence-corrected chi connectivity index (χ4v) is 5.63. The Labute approximate surface area is 192 Å². The second-order valence-corrected chi connectivity index (χ2v) is 9.91. The van der Waals surface area contributed by atoms with E-state index in [1.165, 1.54) is 17.4 Å². The maximum Gasteiger partial charge on any atom is 0.348 e. The van der Waals surface area contributed by atoms with Gasteiger partial charge < -0.3 is 15.3 Å². The molecular formula is C22H20N2O7S2. The van der Waals surface area contributed by atoms with E-state index in [1.807, 2.05) is 18.2 Å². The van der Waals surface area contributed by atoms with E-state index in [0.717, 1.165) is 4.70 Å². The predicted molar refractivity (Wildman–Crippen MR) is 125 cm³/mol. The molecule has 9 nitrogen and oxygen atoms in total. The molecule has 0 aliphatic heterocycles. The van der Waals surface area contributed by atoms with Gasteiger partial charge in [-0.2, -0.15) is 8.42 Å². The number of benzene rings is 2. The van der Waals surface area contributed by atoms with Gasteiger partial charge in [-0.05, 0) is 43.0 Å². The number of aliphatic carboxylic acids is 1. The average molecular weight is 489 g/mol. The van der Waals surface area contributed by atoms with Gasteiger partial charge in [0, 0.05) is 11.8 Å². The number of carboxylic acid groups (broad SMARTS) is 1. The van der Waals surface area contributed by atoms with Crippen LogP contribution < -0.4 is 11.4 Å². The lowest BCUT2D eigenvalue weighted by Gasteiger charge is -2.12. The molecule has 0 unspecified atom stereocenters. The van der Waals surface area contributed by atoms with Crippen molar-refractivity contribution in [3.05, 3.63) is 52.4 Å². The summed E-state index contributed by atoms with van der Waals surface area (Å²) in [7, 11) is -4.74. The summed E-state index contributed by atoms with van der Waals surface area (Å²) < 4.78 is 40.5. The van der Waals surface area contributed by atoms with Crippen molar-refractivity contribution < 1.29 is 27.3 Å². The SMILES string of the molecule is Nc1c(-c2nc3ccccc3s2)c(=O)oc2c(S(=O)(=O)O)c(CCCCCC(=O)O)ccc12. The van der Waals surface area contributed by atoms with Crippen LogP contribution in [-0.4, -0.2) is 29.0 Å². The molecule has 0 atom stereocenters. The van der Waals surface area contributed by atoms with Gasteiger partial charge in [0.05, 0.1) is 15.9 Å². The molecule has 4 N–H and O–H groups in total. The summed E-state index contributed by atoms with van der Waals surface area (Å²) in [6.45, 7) is 0. The van der Waals surface area contributed by atoms with Gasteiger partial charge in [-0.25, -0.2) is 9.78 Å². The summed E-state index contributed by atoms with van der Waals surface area (Å²) in [6, 6.07) is 10.4. The molecule has 11 heteroatoms. The van der Waals surface area contributed by atoms with Gasteiger partial charge >= 0.3 is 11.6 Å². The van der Waals surface area contributed by atoms with E-state index in [1.54, 1.807) is 12.1 Å². The molecule has 0 spiro atoms. The van der Waals surface area contributed by atoms with Crippen LogP contribution in [0.4, 0.5) is 5.69 Å². The van der Waals surface area contributed by atoms with E-state index in [0.29, 0.717) is 29.8 Å². The van der Waals surface area contributed by atoms with Crippen molar-refractivity contribution in [2.24, 2.45) is 0 Å². The number of unbranched alkanes of at least 4 members (excludes halogenated alkanes) is 2. The number of hydrogen-bond acceptors (Lipinski definition) is 8. The first-order valence-corrected chi connectivity index (χ1v) is 12.4. The Morgan fingerprint density at radius 3 is 2.58 bits per heavy atom. The molecule has 33 heavy (non-hydrogen) atoms. The summed E-state index contributed by atoms with van der Waals surface area (Å²) in [5.41, 5.74) is 6.10. The molecule has 0 bridgehead atoms. The number of rotatable bonds is 8. The zero-order valence-electron chi connectivity index (χ0n) is 17.3. The molecule has 0 saturated heterocycles. The Hall–Kier alpha value is -3.28. The molecule has 0 fully saturated rings. The van der Waals surface area contributed by atoms with E-state index in [9.17, 15) is 22.6 Å². The lowest BCUT2D eigenvalue weighted by molar-refractivity contribution is -0.137. The third-order valence-corrected chi connectivity index (χ3v) is 7.27.